The van der Waals surface area contributed by atoms with Crippen LogP contribution in [0.4, 0.5) is 4.39 Å². The number of carbonyl (C=O) groups excluding carboxylic acids is 2. The highest BCUT2D eigenvalue weighted by Gasteiger charge is 2.51. The third-order valence-electron chi connectivity index (χ3n) is 7.94. The standard InChI is InChI=1S/C27H31FN2O2/c28-21-10-8-20(9-11-21)24-18-29-26(32)27(24)12-15-30(16-13-27)14-4-7-25(31)23-17-22(23)19-5-2-1-3-6-19/h1-3,5-6,8-11,22-24H,4,7,12-18H2,(H,29,32)/t22-,23?,24?/m0/s1. The molecule has 0 radical (unpaired) electrons. The summed E-state index contributed by atoms with van der Waals surface area (Å²) in [6.07, 6.45) is 4.15. The number of piperidine rings is 1. The first kappa shape index (κ1) is 21.3. The minimum absolute atomic E-state index is 0.101. The number of halogens is 1. The lowest BCUT2D eigenvalue weighted by molar-refractivity contribution is -0.130. The number of rotatable bonds is 7. The van der Waals surface area contributed by atoms with Gasteiger partial charge in [0.2, 0.25) is 5.91 Å². The molecule has 1 amide bonds. The number of carbonyl (C=O) groups is 2. The number of benzene rings is 2. The third kappa shape index (κ3) is 4.11. The molecule has 1 N–H and O–H groups in total. The van der Waals surface area contributed by atoms with Gasteiger partial charge in [-0.15, -0.1) is 0 Å². The van der Waals surface area contributed by atoms with E-state index in [1.807, 2.05) is 30.3 Å². The Kier molecular flexibility index (Phi) is 5.85. The first-order valence-corrected chi connectivity index (χ1v) is 11.9. The van der Waals surface area contributed by atoms with Crippen molar-refractivity contribution in [1.82, 2.24) is 10.2 Å². The summed E-state index contributed by atoms with van der Waals surface area (Å²) in [7, 11) is 0. The molecule has 2 aliphatic heterocycles. The summed E-state index contributed by atoms with van der Waals surface area (Å²) in [6, 6.07) is 17.0. The SMILES string of the molecule is O=C(CCCN1CCC2(CC1)C(=O)NCC2c1ccc(F)cc1)C1C[C@H]1c1ccccc1. The molecule has 3 atom stereocenters. The first-order valence-electron chi connectivity index (χ1n) is 11.9. The lowest BCUT2D eigenvalue weighted by Crippen LogP contribution is -2.46. The van der Waals surface area contributed by atoms with Crippen molar-refractivity contribution in [1.29, 1.82) is 0 Å². The van der Waals surface area contributed by atoms with Crippen LogP contribution in [0, 0.1) is 17.2 Å². The van der Waals surface area contributed by atoms with E-state index >= 15 is 0 Å². The monoisotopic (exact) mass is 434 g/mol. The molecule has 32 heavy (non-hydrogen) atoms. The summed E-state index contributed by atoms with van der Waals surface area (Å²) in [6.45, 7) is 3.28. The van der Waals surface area contributed by atoms with E-state index in [4.69, 9.17) is 0 Å². The average molecular weight is 435 g/mol. The van der Waals surface area contributed by atoms with Crippen molar-refractivity contribution in [2.45, 2.75) is 43.9 Å². The van der Waals surface area contributed by atoms with Crippen LogP contribution in [0.3, 0.4) is 0 Å². The van der Waals surface area contributed by atoms with Gasteiger partial charge in [0.15, 0.2) is 0 Å². The van der Waals surface area contributed by atoms with E-state index in [-0.39, 0.29) is 29.0 Å². The Balaban J connectivity index is 1.10. The quantitative estimate of drug-likeness (QED) is 0.708. The topological polar surface area (TPSA) is 49.4 Å². The molecular formula is C27H31FN2O2. The molecule has 3 fully saturated rings. The van der Waals surface area contributed by atoms with Crippen molar-refractivity contribution < 1.29 is 14.0 Å². The fraction of sp³-hybridized carbons (Fsp3) is 0.481. The van der Waals surface area contributed by atoms with Gasteiger partial charge < -0.3 is 10.2 Å². The summed E-state index contributed by atoms with van der Waals surface area (Å²) in [4.78, 5) is 27.8. The largest absolute Gasteiger partial charge is 0.355 e. The molecule has 2 aromatic rings. The molecule has 5 rings (SSSR count). The summed E-state index contributed by atoms with van der Waals surface area (Å²) < 4.78 is 13.4. The van der Waals surface area contributed by atoms with Crippen LogP contribution in [0.1, 0.15) is 55.1 Å². The molecule has 5 heteroatoms. The molecule has 2 saturated heterocycles. The molecular weight excluding hydrogens is 403 g/mol. The molecule has 4 nitrogen and oxygen atoms in total. The second kappa shape index (κ2) is 8.78. The van der Waals surface area contributed by atoms with Gasteiger partial charge in [-0.3, -0.25) is 9.59 Å². The van der Waals surface area contributed by atoms with Crippen LogP contribution in [0.15, 0.2) is 54.6 Å². The minimum atomic E-state index is -0.388. The Labute approximate surface area is 189 Å². The van der Waals surface area contributed by atoms with Gasteiger partial charge in [-0.2, -0.15) is 0 Å². The Morgan fingerprint density at radius 3 is 2.47 bits per heavy atom. The van der Waals surface area contributed by atoms with E-state index in [0.29, 0.717) is 24.7 Å². The molecule has 1 spiro atoms. The molecule has 1 saturated carbocycles. The zero-order valence-electron chi connectivity index (χ0n) is 18.4. The van der Waals surface area contributed by atoms with Crippen LogP contribution in [0.5, 0.6) is 0 Å². The molecule has 2 heterocycles. The lowest BCUT2D eigenvalue weighted by atomic mass is 9.68. The van der Waals surface area contributed by atoms with Crippen LogP contribution in [0.2, 0.25) is 0 Å². The van der Waals surface area contributed by atoms with Gasteiger partial charge in [-0.05, 0) is 74.5 Å². The zero-order chi connectivity index (χ0) is 22.1. The second-order valence-corrected chi connectivity index (χ2v) is 9.74. The summed E-state index contributed by atoms with van der Waals surface area (Å²) in [5.41, 5.74) is 1.94. The number of amides is 1. The van der Waals surface area contributed by atoms with Gasteiger partial charge in [0.25, 0.3) is 0 Å². The third-order valence-corrected chi connectivity index (χ3v) is 7.94. The Bertz CT molecular complexity index is 967. The second-order valence-electron chi connectivity index (χ2n) is 9.74. The van der Waals surface area contributed by atoms with Gasteiger partial charge in [-0.1, -0.05) is 42.5 Å². The molecule has 2 unspecified atom stereocenters. The number of nitrogens with zero attached hydrogens (tertiary/aromatic N) is 1. The van der Waals surface area contributed by atoms with Crippen LogP contribution in [0.25, 0.3) is 0 Å². The highest BCUT2D eigenvalue weighted by atomic mass is 19.1. The molecule has 168 valence electrons. The van der Waals surface area contributed by atoms with Crippen molar-refractivity contribution in [2.75, 3.05) is 26.2 Å². The van der Waals surface area contributed by atoms with E-state index in [1.165, 1.54) is 17.7 Å². The van der Waals surface area contributed by atoms with Gasteiger partial charge >= 0.3 is 0 Å². The Morgan fingerprint density at radius 2 is 1.75 bits per heavy atom. The van der Waals surface area contributed by atoms with Crippen LogP contribution < -0.4 is 5.32 Å². The number of likely N-dealkylation sites (tertiary alicyclic amines) is 1. The van der Waals surface area contributed by atoms with Gasteiger partial charge in [0, 0.05) is 24.8 Å². The highest BCUT2D eigenvalue weighted by Crippen LogP contribution is 2.49. The van der Waals surface area contributed by atoms with Crippen LogP contribution in [-0.2, 0) is 9.59 Å². The molecule has 0 aromatic heterocycles. The lowest BCUT2D eigenvalue weighted by Gasteiger charge is -2.41. The fourth-order valence-corrected chi connectivity index (χ4v) is 5.89. The zero-order valence-corrected chi connectivity index (χ0v) is 18.4. The predicted octanol–water partition coefficient (Wildman–Crippen LogP) is 4.27. The van der Waals surface area contributed by atoms with Gasteiger partial charge in [0.1, 0.15) is 11.6 Å². The Hall–Kier alpha value is -2.53. The smallest absolute Gasteiger partial charge is 0.227 e. The molecule has 2 aromatic carbocycles. The molecule has 0 bridgehead atoms. The number of hydrogen-bond donors (Lipinski definition) is 1. The van der Waals surface area contributed by atoms with Crippen molar-refractivity contribution in [3.8, 4) is 0 Å². The van der Waals surface area contributed by atoms with Crippen LogP contribution >= 0.6 is 0 Å². The summed E-state index contributed by atoms with van der Waals surface area (Å²) in [5.74, 6) is 1.03. The average Bonchev–Trinajstić information content (AvgIpc) is 3.57. The summed E-state index contributed by atoms with van der Waals surface area (Å²) >= 11 is 0. The van der Waals surface area contributed by atoms with Crippen molar-refractivity contribution in [3.05, 3.63) is 71.5 Å². The normalized spacial score (nSPS) is 26.8. The number of hydrogen-bond acceptors (Lipinski definition) is 3. The van der Waals surface area contributed by atoms with E-state index in [9.17, 15) is 14.0 Å². The van der Waals surface area contributed by atoms with E-state index in [1.54, 1.807) is 0 Å². The number of ketones is 1. The molecule has 1 aliphatic carbocycles. The predicted molar refractivity (Wildman–Crippen MR) is 122 cm³/mol. The maximum Gasteiger partial charge on any atom is 0.227 e. The van der Waals surface area contributed by atoms with Crippen LogP contribution in [-0.4, -0.2) is 42.8 Å². The first-order chi connectivity index (χ1) is 15.6. The Morgan fingerprint density at radius 1 is 1.03 bits per heavy atom. The van der Waals surface area contributed by atoms with Crippen molar-refractivity contribution >= 4 is 11.7 Å². The van der Waals surface area contributed by atoms with Gasteiger partial charge in [-0.25, -0.2) is 4.39 Å². The van der Waals surface area contributed by atoms with E-state index < -0.39 is 0 Å². The summed E-state index contributed by atoms with van der Waals surface area (Å²) in [5, 5.41) is 3.06. The highest BCUT2D eigenvalue weighted by molar-refractivity contribution is 5.87. The maximum absolute atomic E-state index is 13.4. The van der Waals surface area contributed by atoms with Gasteiger partial charge in [0.05, 0.1) is 5.41 Å². The number of Topliss-reactive ketones (excluding diaryl/α,β-unsaturated/α-hetero) is 1. The van der Waals surface area contributed by atoms with E-state index in [2.05, 4.69) is 22.3 Å². The van der Waals surface area contributed by atoms with Crippen molar-refractivity contribution in [3.63, 3.8) is 0 Å². The van der Waals surface area contributed by atoms with E-state index in [0.717, 1.165) is 50.9 Å². The minimum Gasteiger partial charge on any atom is -0.355 e. The maximum atomic E-state index is 13.4. The fourth-order valence-electron chi connectivity index (χ4n) is 5.89. The molecule has 3 aliphatic rings. The van der Waals surface area contributed by atoms with Crippen molar-refractivity contribution in [2.24, 2.45) is 11.3 Å². The number of nitrogens with one attached hydrogen (secondary N) is 1.